The number of ketones is 1. The molecule has 0 unspecified atom stereocenters. The summed E-state index contributed by atoms with van der Waals surface area (Å²) in [5, 5.41) is 10.3. The van der Waals surface area contributed by atoms with Crippen molar-refractivity contribution in [2.24, 2.45) is 0 Å². The Kier molecular flexibility index (Phi) is 3.82. The van der Waals surface area contributed by atoms with E-state index >= 15 is 0 Å². The molecule has 5 heteroatoms. The summed E-state index contributed by atoms with van der Waals surface area (Å²) in [5.74, 6) is -1.01. The molecule has 3 aromatic rings. The molecular formula is C20H15ClN2O2. The third kappa shape index (κ3) is 2.52. The van der Waals surface area contributed by atoms with E-state index in [9.17, 15) is 10.1 Å². The van der Waals surface area contributed by atoms with Crippen LogP contribution in [-0.4, -0.2) is 10.8 Å². The van der Waals surface area contributed by atoms with Crippen LogP contribution < -0.4 is 0 Å². The molecule has 124 valence electrons. The molecule has 0 N–H and O–H groups in total. The summed E-state index contributed by atoms with van der Waals surface area (Å²) in [6.07, 6.45) is 2.37. The van der Waals surface area contributed by atoms with Gasteiger partial charge >= 0.3 is 0 Å². The van der Waals surface area contributed by atoms with Crippen LogP contribution in [0.3, 0.4) is 0 Å². The third-order valence-electron chi connectivity index (χ3n) is 5.00. The molecule has 0 spiro atoms. The number of oxazole rings is 1. The second-order valence-corrected chi connectivity index (χ2v) is 6.83. The van der Waals surface area contributed by atoms with Gasteiger partial charge in [-0.3, -0.25) is 4.79 Å². The minimum atomic E-state index is -1.02. The first-order chi connectivity index (χ1) is 12.1. The van der Waals surface area contributed by atoms with Crippen LogP contribution in [0, 0.1) is 11.3 Å². The minimum absolute atomic E-state index is 0.157. The molecule has 1 heterocycles. The van der Waals surface area contributed by atoms with Gasteiger partial charge in [0.1, 0.15) is 5.52 Å². The topological polar surface area (TPSA) is 66.9 Å². The third-order valence-corrected chi connectivity index (χ3v) is 5.24. The average Bonchev–Trinajstić information content (AvgIpc) is 2.98. The van der Waals surface area contributed by atoms with Crippen LogP contribution in [-0.2, 0) is 10.2 Å². The van der Waals surface area contributed by atoms with E-state index in [0.717, 1.165) is 12.0 Å². The van der Waals surface area contributed by atoms with Gasteiger partial charge in [-0.25, -0.2) is 4.98 Å². The summed E-state index contributed by atoms with van der Waals surface area (Å²) in [7, 11) is 0. The van der Waals surface area contributed by atoms with Gasteiger partial charge in [-0.05, 0) is 42.7 Å². The number of Topliss-reactive ketones (excluding diaryl/α,β-unsaturated/α-hetero) is 1. The van der Waals surface area contributed by atoms with Crippen molar-refractivity contribution in [1.82, 2.24) is 4.98 Å². The summed E-state index contributed by atoms with van der Waals surface area (Å²) >= 11 is 6.11. The van der Waals surface area contributed by atoms with Crippen molar-refractivity contribution in [3.63, 3.8) is 0 Å². The molecule has 1 fully saturated rings. The molecule has 25 heavy (non-hydrogen) atoms. The highest BCUT2D eigenvalue weighted by atomic mass is 35.5. The number of nitrogens with zero attached hydrogens (tertiary/aromatic N) is 2. The number of benzene rings is 2. The lowest BCUT2D eigenvalue weighted by Crippen LogP contribution is -2.45. The zero-order valence-corrected chi connectivity index (χ0v) is 14.2. The van der Waals surface area contributed by atoms with E-state index in [4.69, 9.17) is 16.0 Å². The van der Waals surface area contributed by atoms with E-state index in [1.807, 2.05) is 30.3 Å². The monoisotopic (exact) mass is 350 g/mol. The van der Waals surface area contributed by atoms with Crippen molar-refractivity contribution in [3.05, 3.63) is 65.0 Å². The lowest BCUT2D eigenvalue weighted by atomic mass is 9.60. The van der Waals surface area contributed by atoms with E-state index < -0.39 is 11.3 Å². The second-order valence-electron chi connectivity index (χ2n) is 6.39. The minimum Gasteiger partial charge on any atom is -0.439 e. The van der Waals surface area contributed by atoms with Crippen molar-refractivity contribution < 1.29 is 9.21 Å². The molecule has 0 amide bonds. The number of carbonyl (C=O) groups excluding carboxylic acids is 1. The molecule has 0 radical (unpaired) electrons. The van der Waals surface area contributed by atoms with Gasteiger partial charge in [0, 0.05) is 5.02 Å². The standard InChI is InChI=1S/C20H15ClN2O2/c21-14-6-3-5-13(11-14)20(9-4-10-20)18(24)15(12-22)19-23-16-7-1-2-8-17(16)25-19/h1-3,5-8,11,15H,4,9-10H2/t15-/m0/s1. The van der Waals surface area contributed by atoms with Crippen molar-refractivity contribution in [1.29, 1.82) is 5.26 Å². The van der Waals surface area contributed by atoms with Gasteiger partial charge < -0.3 is 4.42 Å². The molecule has 4 rings (SSSR count). The zero-order valence-electron chi connectivity index (χ0n) is 13.4. The van der Waals surface area contributed by atoms with Crippen molar-refractivity contribution in [2.75, 3.05) is 0 Å². The molecule has 1 aromatic heterocycles. The number of rotatable bonds is 4. The van der Waals surface area contributed by atoms with E-state index in [1.165, 1.54) is 0 Å². The number of hydrogen-bond acceptors (Lipinski definition) is 4. The predicted octanol–water partition coefficient (Wildman–Crippen LogP) is 4.78. The lowest BCUT2D eigenvalue weighted by molar-refractivity contribution is -0.128. The molecule has 1 atom stereocenters. The maximum atomic E-state index is 13.3. The highest BCUT2D eigenvalue weighted by molar-refractivity contribution is 6.30. The summed E-state index contributed by atoms with van der Waals surface area (Å²) in [5.41, 5.74) is 1.42. The molecule has 0 saturated heterocycles. The molecule has 2 aromatic carbocycles. The van der Waals surface area contributed by atoms with E-state index in [1.54, 1.807) is 18.2 Å². The number of para-hydroxylation sites is 2. The van der Waals surface area contributed by atoms with Gasteiger partial charge in [0.05, 0.1) is 11.5 Å². The zero-order chi connectivity index (χ0) is 17.4. The summed E-state index contributed by atoms with van der Waals surface area (Å²) in [6, 6.07) is 16.7. The Balaban J connectivity index is 1.75. The number of nitriles is 1. The smallest absolute Gasteiger partial charge is 0.220 e. The Bertz CT molecular complexity index is 965. The average molecular weight is 351 g/mol. The number of fused-ring (bicyclic) bond motifs is 1. The Morgan fingerprint density at radius 3 is 2.68 bits per heavy atom. The number of hydrogen-bond donors (Lipinski definition) is 0. The first-order valence-electron chi connectivity index (χ1n) is 8.19. The molecule has 1 aliphatic carbocycles. The SMILES string of the molecule is N#C[C@@H](C(=O)C1(c2cccc(Cl)c2)CCC1)c1nc2ccccc2o1. The van der Waals surface area contributed by atoms with Crippen LogP contribution in [0.2, 0.25) is 5.02 Å². The number of halogens is 1. The number of aromatic nitrogens is 1. The Hall–Kier alpha value is -2.64. The van der Waals surface area contributed by atoms with Crippen LogP contribution in [0.1, 0.15) is 36.6 Å². The molecule has 0 bridgehead atoms. The van der Waals surface area contributed by atoms with Gasteiger partial charge in [0.25, 0.3) is 0 Å². The molecule has 1 aliphatic rings. The fourth-order valence-corrected chi connectivity index (χ4v) is 3.70. The summed E-state index contributed by atoms with van der Waals surface area (Å²) < 4.78 is 5.69. The van der Waals surface area contributed by atoms with Gasteiger partial charge in [-0.1, -0.05) is 42.3 Å². The summed E-state index contributed by atoms with van der Waals surface area (Å²) in [6.45, 7) is 0. The Morgan fingerprint density at radius 1 is 1.24 bits per heavy atom. The van der Waals surface area contributed by atoms with Crippen molar-refractivity contribution in [2.45, 2.75) is 30.6 Å². The van der Waals surface area contributed by atoms with Crippen LogP contribution >= 0.6 is 11.6 Å². The van der Waals surface area contributed by atoms with Gasteiger partial charge in [-0.15, -0.1) is 0 Å². The highest BCUT2D eigenvalue weighted by Gasteiger charge is 2.49. The fraction of sp³-hybridized carbons (Fsp3) is 0.250. The lowest BCUT2D eigenvalue weighted by Gasteiger charge is -2.41. The normalized spacial score (nSPS) is 16.8. The first kappa shape index (κ1) is 15.9. The maximum absolute atomic E-state index is 13.3. The summed E-state index contributed by atoms with van der Waals surface area (Å²) in [4.78, 5) is 17.7. The van der Waals surface area contributed by atoms with Gasteiger partial charge in [-0.2, -0.15) is 5.26 Å². The predicted molar refractivity (Wildman–Crippen MR) is 94.4 cm³/mol. The van der Waals surface area contributed by atoms with Crippen molar-refractivity contribution >= 4 is 28.5 Å². The van der Waals surface area contributed by atoms with E-state index in [0.29, 0.717) is 29.0 Å². The quantitative estimate of drug-likeness (QED) is 0.679. The van der Waals surface area contributed by atoms with Gasteiger partial charge in [0.15, 0.2) is 17.3 Å². The van der Waals surface area contributed by atoms with Crippen molar-refractivity contribution in [3.8, 4) is 6.07 Å². The van der Waals surface area contributed by atoms with Crippen LogP contribution in [0.15, 0.2) is 52.9 Å². The van der Waals surface area contributed by atoms with Gasteiger partial charge in [0.2, 0.25) is 5.89 Å². The van der Waals surface area contributed by atoms with Crippen LogP contribution in [0.25, 0.3) is 11.1 Å². The largest absolute Gasteiger partial charge is 0.439 e. The molecule has 4 nitrogen and oxygen atoms in total. The fourth-order valence-electron chi connectivity index (χ4n) is 3.51. The molecular weight excluding hydrogens is 336 g/mol. The first-order valence-corrected chi connectivity index (χ1v) is 8.57. The Labute approximate surface area is 150 Å². The van der Waals surface area contributed by atoms with E-state index in [2.05, 4.69) is 11.1 Å². The Morgan fingerprint density at radius 2 is 2.04 bits per heavy atom. The number of carbonyl (C=O) groups is 1. The highest BCUT2D eigenvalue weighted by Crippen LogP contribution is 2.47. The maximum Gasteiger partial charge on any atom is 0.220 e. The van der Waals surface area contributed by atoms with E-state index in [-0.39, 0.29) is 11.7 Å². The second kappa shape index (κ2) is 6.02. The van der Waals surface area contributed by atoms with Crippen LogP contribution in [0.4, 0.5) is 0 Å². The molecule has 0 aliphatic heterocycles. The van der Waals surface area contributed by atoms with Crippen LogP contribution in [0.5, 0.6) is 0 Å². The molecule has 1 saturated carbocycles.